The van der Waals surface area contributed by atoms with Crippen LogP contribution in [-0.2, 0) is 0 Å². The Labute approximate surface area is 119 Å². The van der Waals surface area contributed by atoms with Crippen molar-refractivity contribution in [3.8, 4) is 11.1 Å². The Kier molecular flexibility index (Phi) is 2.47. The molecule has 0 spiro atoms. The van der Waals surface area contributed by atoms with E-state index in [2.05, 4.69) is 46.8 Å². The number of thiophene rings is 1. The van der Waals surface area contributed by atoms with Crippen molar-refractivity contribution in [2.75, 3.05) is 0 Å². The molecule has 0 unspecified atom stereocenters. The summed E-state index contributed by atoms with van der Waals surface area (Å²) >= 11 is 1.75. The summed E-state index contributed by atoms with van der Waals surface area (Å²) in [5.41, 5.74) is 4.08. The van der Waals surface area contributed by atoms with E-state index in [9.17, 15) is 4.79 Å². The van der Waals surface area contributed by atoms with E-state index in [-0.39, 0.29) is 0 Å². The number of hydrogen-bond donors (Lipinski definition) is 1. The number of rotatable bonds is 2. The lowest BCUT2D eigenvalue weighted by atomic mass is 10.0. The number of aldehydes is 1. The number of hydrogen-bond acceptors (Lipinski definition) is 2. The first kappa shape index (κ1) is 11.4. The maximum Gasteiger partial charge on any atom is 0.152 e. The zero-order valence-corrected chi connectivity index (χ0v) is 11.4. The number of nitrogens with one attached hydrogen (secondary N) is 1. The SMILES string of the molecule is O=Cc1c[nH]c2ccc(-c3csc4ccccc34)cc12. The number of carbonyl (C=O) groups excluding carboxylic acids is 1. The zero-order valence-electron chi connectivity index (χ0n) is 10.6. The summed E-state index contributed by atoms with van der Waals surface area (Å²) in [6.45, 7) is 0. The molecule has 4 rings (SSSR count). The summed E-state index contributed by atoms with van der Waals surface area (Å²) in [5.74, 6) is 0. The first-order valence-electron chi connectivity index (χ1n) is 6.40. The van der Waals surface area contributed by atoms with E-state index < -0.39 is 0 Å². The van der Waals surface area contributed by atoms with Crippen LogP contribution in [0.2, 0.25) is 0 Å². The summed E-state index contributed by atoms with van der Waals surface area (Å²) in [4.78, 5) is 14.2. The van der Waals surface area contributed by atoms with E-state index in [0.717, 1.165) is 22.8 Å². The van der Waals surface area contributed by atoms with Gasteiger partial charge in [-0.1, -0.05) is 24.3 Å². The quantitative estimate of drug-likeness (QED) is 0.521. The smallest absolute Gasteiger partial charge is 0.152 e. The fraction of sp³-hybridized carbons (Fsp3) is 0. The minimum atomic E-state index is 0.710. The van der Waals surface area contributed by atoms with E-state index in [1.165, 1.54) is 15.6 Å². The van der Waals surface area contributed by atoms with Gasteiger partial charge in [0.15, 0.2) is 6.29 Å². The lowest BCUT2D eigenvalue weighted by Gasteiger charge is -2.01. The van der Waals surface area contributed by atoms with Gasteiger partial charge in [-0.2, -0.15) is 0 Å². The van der Waals surface area contributed by atoms with Gasteiger partial charge in [0, 0.05) is 38.3 Å². The predicted molar refractivity (Wildman–Crippen MR) is 84.5 cm³/mol. The third-order valence-corrected chi connectivity index (χ3v) is 4.60. The average Bonchev–Trinajstić information content (AvgIpc) is 3.10. The fourth-order valence-electron chi connectivity index (χ4n) is 2.61. The van der Waals surface area contributed by atoms with Crippen molar-refractivity contribution >= 4 is 38.6 Å². The van der Waals surface area contributed by atoms with E-state index in [4.69, 9.17) is 0 Å². The number of aromatic amines is 1. The monoisotopic (exact) mass is 277 g/mol. The summed E-state index contributed by atoms with van der Waals surface area (Å²) in [6.07, 6.45) is 2.65. The molecule has 0 radical (unpaired) electrons. The zero-order chi connectivity index (χ0) is 13.5. The van der Waals surface area contributed by atoms with Crippen LogP contribution < -0.4 is 0 Å². The Morgan fingerprint density at radius 1 is 1.05 bits per heavy atom. The lowest BCUT2D eigenvalue weighted by Crippen LogP contribution is -1.78. The van der Waals surface area contributed by atoms with Crippen LogP contribution in [0, 0.1) is 0 Å². The van der Waals surface area contributed by atoms with Gasteiger partial charge in [0.25, 0.3) is 0 Å². The van der Waals surface area contributed by atoms with Crippen molar-refractivity contribution in [1.29, 1.82) is 0 Å². The summed E-state index contributed by atoms with van der Waals surface area (Å²) in [7, 11) is 0. The van der Waals surface area contributed by atoms with Gasteiger partial charge in [-0.15, -0.1) is 11.3 Å². The molecule has 2 heterocycles. The van der Waals surface area contributed by atoms with E-state index in [1.807, 2.05) is 6.07 Å². The highest BCUT2D eigenvalue weighted by Crippen LogP contribution is 2.35. The molecule has 0 saturated heterocycles. The average molecular weight is 277 g/mol. The molecule has 0 bridgehead atoms. The number of aromatic nitrogens is 1. The third-order valence-electron chi connectivity index (χ3n) is 3.63. The number of carbonyl (C=O) groups is 1. The highest BCUT2D eigenvalue weighted by molar-refractivity contribution is 7.17. The second-order valence-electron chi connectivity index (χ2n) is 4.77. The van der Waals surface area contributed by atoms with Crippen LogP contribution in [-0.4, -0.2) is 11.3 Å². The number of fused-ring (bicyclic) bond motifs is 2. The van der Waals surface area contributed by atoms with Crippen LogP contribution in [0.5, 0.6) is 0 Å². The normalized spacial score (nSPS) is 11.2. The Bertz CT molecular complexity index is 932. The van der Waals surface area contributed by atoms with Crippen molar-refractivity contribution < 1.29 is 4.79 Å². The Morgan fingerprint density at radius 3 is 2.85 bits per heavy atom. The molecule has 96 valence electrons. The first-order valence-corrected chi connectivity index (χ1v) is 7.28. The molecular weight excluding hydrogens is 266 g/mol. The molecular formula is C17H11NOS. The molecule has 1 N–H and O–H groups in total. The lowest BCUT2D eigenvalue weighted by molar-refractivity contribution is 0.112. The van der Waals surface area contributed by atoms with Crippen molar-refractivity contribution in [2.45, 2.75) is 0 Å². The fourth-order valence-corrected chi connectivity index (χ4v) is 3.58. The topological polar surface area (TPSA) is 32.9 Å². The van der Waals surface area contributed by atoms with Gasteiger partial charge < -0.3 is 4.98 Å². The summed E-state index contributed by atoms with van der Waals surface area (Å²) in [5, 5.41) is 4.42. The molecule has 2 aromatic carbocycles. The van der Waals surface area contributed by atoms with Gasteiger partial charge in [0.1, 0.15) is 0 Å². The van der Waals surface area contributed by atoms with Crippen molar-refractivity contribution in [3.05, 3.63) is 59.6 Å². The maximum absolute atomic E-state index is 11.1. The maximum atomic E-state index is 11.1. The predicted octanol–water partition coefficient (Wildman–Crippen LogP) is 4.86. The highest BCUT2D eigenvalue weighted by atomic mass is 32.1. The minimum absolute atomic E-state index is 0.710. The van der Waals surface area contributed by atoms with Gasteiger partial charge in [0.2, 0.25) is 0 Å². The minimum Gasteiger partial charge on any atom is -0.360 e. The molecule has 0 aliphatic heterocycles. The van der Waals surface area contributed by atoms with E-state index in [1.54, 1.807) is 17.5 Å². The van der Waals surface area contributed by atoms with Crippen LogP contribution in [0.4, 0.5) is 0 Å². The summed E-state index contributed by atoms with van der Waals surface area (Å²) in [6, 6.07) is 14.6. The van der Waals surface area contributed by atoms with Crippen LogP contribution in [0.15, 0.2) is 54.0 Å². The van der Waals surface area contributed by atoms with Crippen LogP contribution in [0.1, 0.15) is 10.4 Å². The largest absolute Gasteiger partial charge is 0.360 e. The molecule has 0 aliphatic rings. The Balaban J connectivity index is 1.99. The third kappa shape index (κ3) is 1.60. The molecule has 3 heteroatoms. The molecule has 0 aliphatic carbocycles. The van der Waals surface area contributed by atoms with Crippen LogP contribution in [0.25, 0.3) is 32.1 Å². The molecule has 0 saturated carbocycles. The molecule has 2 aromatic heterocycles. The highest BCUT2D eigenvalue weighted by Gasteiger charge is 2.08. The van der Waals surface area contributed by atoms with Gasteiger partial charge in [-0.3, -0.25) is 4.79 Å². The molecule has 0 atom stereocenters. The van der Waals surface area contributed by atoms with Gasteiger partial charge in [-0.25, -0.2) is 0 Å². The second kappa shape index (κ2) is 4.32. The Morgan fingerprint density at radius 2 is 1.95 bits per heavy atom. The number of benzene rings is 2. The van der Waals surface area contributed by atoms with Crippen LogP contribution in [0.3, 0.4) is 0 Å². The molecule has 2 nitrogen and oxygen atoms in total. The van der Waals surface area contributed by atoms with Crippen molar-refractivity contribution in [1.82, 2.24) is 4.98 Å². The molecule has 20 heavy (non-hydrogen) atoms. The van der Waals surface area contributed by atoms with Gasteiger partial charge in [0.05, 0.1) is 0 Å². The second-order valence-corrected chi connectivity index (χ2v) is 5.68. The van der Waals surface area contributed by atoms with E-state index >= 15 is 0 Å². The van der Waals surface area contributed by atoms with Gasteiger partial charge in [-0.05, 0) is 29.1 Å². The number of H-pyrrole nitrogens is 1. The van der Waals surface area contributed by atoms with E-state index in [0.29, 0.717) is 5.56 Å². The van der Waals surface area contributed by atoms with Crippen LogP contribution >= 0.6 is 11.3 Å². The first-order chi connectivity index (χ1) is 9.86. The standard InChI is InChI=1S/C17H11NOS/c19-9-12-8-18-16-6-5-11(7-14(12)16)15-10-20-17-4-2-1-3-13(15)17/h1-10,18H. The van der Waals surface area contributed by atoms with Crippen molar-refractivity contribution in [3.63, 3.8) is 0 Å². The molecule has 0 fully saturated rings. The molecule has 4 aromatic rings. The van der Waals surface area contributed by atoms with Crippen molar-refractivity contribution in [2.24, 2.45) is 0 Å². The van der Waals surface area contributed by atoms with Gasteiger partial charge >= 0.3 is 0 Å². The summed E-state index contributed by atoms with van der Waals surface area (Å²) < 4.78 is 1.28. The Hall–Kier alpha value is -2.39. The molecule has 0 amide bonds.